The molecule has 4 heterocycles. The number of carbonyl (C=O) groups is 1. The van der Waals surface area contributed by atoms with Crippen LogP contribution in [0.15, 0.2) is 60.7 Å². The van der Waals surface area contributed by atoms with Gasteiger partial charge in [-0.2, -0.15) is 0 Å². The Labute approximate surface area is 235 Å². The highest BCUT2D eigenvalue weighted by Gasteiger charge is 2.24. The zero-order valence-corrected chi connectivity index (χ0v) is 22.5. The molecule has 6 rings (SSSR count). The Morgan fingerprint density at radius 2 is 2.05 bits per heavy atom. The number of hydrogen-bond acceptors (Lipinski definition) is 6. The first kappa shape index (κ1) is 26.4. The molecular weight excluding hydrogens is 535 g/mol. The van der Waals surface area contributed by atoms with Gasteiger partial charge in [0.15, 0.2) is 0 Å². The molecule has 4 aromatic rings. The van der Waals surface area contributed by atoms with Gasteiger partial charge in [-0.1, -0.05) is 29.8 Å². The second kappa shape index (κ2) is 11.4. The van der Waals surface area contributed by atoms with E-state index in [0.717, 1.165) is 60.7 Å². The fraction of sp³-hybridized carbons (Fsp3) is 0.300. The number of carboxylic acids is 1. The van der Waals surface area contributed by atoms with Crippen molar-refractivity contribution in [1.29, 1.82) is 0 Å². The first-order valence-corrected chi connectivity index (χ1v) is 13.6. The number of fused-ring (bicyclic) bond motifs is 1. The van der Waals surface area contributed by atoms with Crippen molar-refractivity contribution in [2.24, 2.45) is 0 Å². The zero-order valence-electron chi connectivity index (χ0n) is 21.7. The SMILES string of the molecule is O=C(O)c1ccc2nc(CN3CC=C(c4cccc(OCc5ccc(Cl)cc5F)n4)CC3)n(CC3CCO3)c2c1. The molecule has 40 heavy (non-hydrogen) atoms. The monoisotopic (exact) mass is 562 g/mol. The average molecular weight is 563 g/mol. The number of imidazole rings is 1. The number of benzene rings is 2. The van der Waals surface area contributed by atoms with Crippen molar-refractivity contribution in [3.8, 4) is 5.88 Å². The number of pyridine rings is 1. The molecule has 1 fully saturated rings. The van der Waals surface area contributed by atoms with Crippen molar-refractivity contribution in [3.05, 3.63) is 94.2 Å². The van der Waals surface area contributed by atoms with E-state index in [1.54, 1.807) is 36.4 Å². The molecule has 206 valence electrons. The molecule has 0 spiro atoms. The molecule has 0 aliphatic carbocycles. The van der Waals surface area contributed by atoms with Gasteiger partial charge in [0.25, 0.3) is 0 Å². The van der Waals surface area contributed by atoms with Gasteiger partial charge in [0, 0.05) is 36.3 Å². The molecule has 2 aliphatic rings. The third kappa shape index (κ3) is 5.72. The molecule has 0 radical (unpaired) electrons. The summed E-state index contributed by atoms with van der Waals surface area (Å²) < 4.78 is 27.6. The lowest BCUT2D eigenvalue weighted by Crippen LogP contribution is -2.33. The van der Waals surface area contributed by atoms with Gasteiger partial charge in [-0.15, -0.1) is 0 Å². The fourth-order valence-electron chi connectivity index (χ4n) is 5.01. The number of aromatic nitrogens is 3. The fourth-order valence-corrected chi connectivity index (χ4v) is 5.17. The lowest BCUT2D eigenvalue weighted by molar-refractivity contribution is -0.0591. The zero-order chi connectivity index (χ0) is 27.6. The molecule has 0 amide bonds. The number of ether oxygens (including phenoxy) is 2. The quantitative estimate of drug-likeness (QED) is 0.285. The van der Waals surface area contributed by atoms with Crippen LogP contribution in [0.1, 0.15) is 40.3 Å². The summed E-state index contributed by atoms with van der Waals surface area (Å²) in [6.07, 6.45) is 4.07. The molecule has 2 aromatic carbocycles. The number of aromatic carboxylic acids is 1. The van der Waals surface area contributed by atoms with Gasteiger partial charge in [0.1, 0.15) is 18.2 Å². The van der Waals surface area contributed by atoms with Crippen molar-refractivity contribution < 1.29 is 23.8 Å². The van der Waals surface area contributed by atoms with E-state index < -0.39 is 11.8 Å². The summed E-state index contributed by atoms with van der Waals surface area (Å²) in [4.78, 5) is 23.4. The number of hydrogen-bond donors (Lipinski definition) is 1. The highest BCUT2D eigenvalue weighted by molar-refractivity contribution is 6.30. The number of halogens is 2. The van der Waals surface area contributed by atoms with Crippen LogP contribution in [0.4, 0.5) is 4.39 Å². The van der Waals surface area contributed by atoms with Crippen molar-refractivity contribution in [2.75, 3.05) is 19.7 Å². The summed E-state index contributed by atoms with van der Waals surface area (Å²) in [6, 6.07) is 15.2. The maximum absolute atomic E-state index is 14.1. The third-order valence-electron chi connectivity index (χ3n) is 7.36. The Kier molecular flexibility index (Phi) is 7.51. The minimum Gasteiger partial charge on any atom is -0.478 e. The maximum Gasteiger partial charge on any atom is 0.335 e. The minimum absolute atomic E-state index is 0.0626. The van der Waals surface area contributed by atoms with Crippen LogP contribution >= 0.6 is 11.6 Å². The highest BCUT2D eigenvalue weighted by atomic mass is 35.5. The second-order valence-electron chi connectivity index (χ2n) is 10.0. The molecule has 0 bridgehead atoms. The van der Waals surface area contributed by atoms with Crippen molar-refractivity contribution >= 4 is 34.2 Å². The first-order chi connectivity index (χ1) is 19.4. The van der Waals surface area contributed by atoms with Crippen molar-refractivity contribution in [1.82, 2.24) is 19.4 Å². The first-order valence-electron chi connectivity index (χ1n) is 13.2. The van der Waals surface area contributed by atoms with Crippen molar-refractivity contribution in [2.45, 2.75) is 38.6 Å². The summed E-state index contributed by atoms with van der Waals surface area (Å²) in [5, 5.41) is 9.82. The smallest absolute Gasteiger partial charge is 0.335 e. The Hall–Kier alpha value is -3.79. The van der Waals surface area contributed by atoms with Crippen LogP contribution in [0.25, 0.3) is 16.6 Å². The molecule has 1 unspecified atom stereocenters. The second-order valence-corrected chi connectivity index (χ2v) is 10.5. The van der Waals surface area contributed by atoms with E-state index in [1.165, 1.54) is 6.07 Å². The lowest BCUT2D eigenvalue weighted by Gasteiger charge is -2.29. The van der Waals surface area contributed by atoms with Gasteiger partial charge in [-0.25, -0.2) is 19.2 Å². The molecule has 0 saturated carbocycles. The Bertz CT molecular complexity index is 1600. The summed E-state index contributed by atoms with van der Waals surface area (Å²) in [6.45, 7) is 3.65. The van der Waals surface area contributed by atoms with Crippen LogP contribution in [-0.2, 0) is 24.4 Å². The van der Waals surface area contributed by atoms with Crippen molar-refractivity contribution in [3.63, 3.8) is 0 Å². The standard InChI is InChI=1S/C30H28ClFN4O4/c31-22-6-4-21(24(32)15-22)18-40-29-3-1-2-25(34-29)19-8-11-35(12-9-19)17-28-33-26-7-5-20(30(37)38)14-27(26)36(28)16-23-10-13-39-23/h1-8,14-15,23H,9-13,16-18H2,(H,37,38). The Morgan fingerprint density at radius 3 is 2.77 bits per heavy atom. The van der Waals surface area contributed by atoms with Gasteiger partial charge >= 0.3 is 5.97 Å². The normalized spacial score (nSPS) is 17.4. The summed E-state index contributed by atoms with van der Waals surface area (Å²) in [5.41, 5.74) is 4.23. The van der Waals surface area contributed by atoms with E-state index in [1.807, 2.05) is 12.1 Å². The van der Waals surface area contributed by atoms with E-state index in [0.29, 0.717) is 29.6 Å². The van der Waals surface area contributed by atoms with Gasteiger partial charge in [0.05, 0.1) is 41.5 Å². The third-order valence-corrected chi connectivity index (χ3v) is 7.59. The van der Waals surface area contributed by atoms with Crippen LogP contribution in [0.3, 0.4) is 0 Å². The topological polar surface area (TPSA) is 89.7 Å². The van der Waals surface area contributed by atoms with Gasteiger partial charge in [-0.3, -0.25) is 4.90 Å². The van der Waals surface area contributed by atoms with Gasteiger partial charge in [0.2, 0.25) is 5.88 Å². The number of carboxylic acid groups (broad SMARTS) is 1. The van der Waals surface area contributed by atoms with E-state index in [-0.39, 0.29) is 18.3 Å². The average Bonchev–Trinajstić information content (AvgIpc) is 3.26. The summed E-state index contributed by atoms with van der Waals surface area (Å²) in [5.74, 6) is -0.0319. The molecule has 1 atom stereocenters. The van der Waals surface area contributed by atoms with Crippen LogP contribution in [0.2, 0.25) is 5.02 Å². The highest BCUT2D eigenvalue weighted by Crippen LogP contribution is 2.27. The Balaban J connectivity index is 1.15. The largest absolute Gasteiger partial charge is 0.478 e. The number of rotatable bonds is 9. The van der Waals surface area contributed by atoms with E-state index >= 15 is 0 Å². The Morgan fingerprint density at radius 1 is 1.18 bits per heavy atom. The van der Waals surface area contributed by atoms with Crippen LogP contribution in [0.5, 0.6) is 5.88 Å². The van der Waals surface area contributed by atoms with E-state index in [2.05, 4.69) is 20.5 Å². The summed E-state index contributed by atoms with van der Waals surface area (Å²) >= 11 is 5.83. The van der Waals surface area contributed by atoms with Crippen LogP contribution in [0, 0.1) is 5.82 Å². The van der Waals surface area contributed by atoms with Gasteiger partial charge in [-0.05, 0) is 54.8 Å². The molecule has 10 heteroatoms. The predicted molar refractivity (Wildman–Crippen MR) is 149 cm³/mol. The molecule has 8 nitrogen and oxygen atoms in total. The molecule has 1 saturated heterocycles. The summed E-state index contributed by atoms with van der Waals surface area (Å²) in [7, 11) is 0. The number of nitrogens with zero attached hydrogens (tertiary/aromatic N) is 4. The molecular formula is C30H28ClFN4O4. The molecule has 2 aromatic heterocycles. The maximum atomic E-state index is 14.1. The van der Waals surface area contributed by atoms with Gasteiger partial charge < -0.3 is 19.1 Å². The van der Waals surface area contributed by atoms with E-state index in [4.69, 9.17) is 26.1 Å². The molecule has 1 N–H and O–H groups in total. The van der Waals surface area contributed by atoms with E-state index in [9.17, 15) is 14.3 Å². The van der Waals surface area contributed by atoms with Crippen LogP contribution in [-0.4, -0.2) is 56.3 Å². The van der Waals surface area contributed by atoms with Crippen LogP contribution < -0.4 is 4.74 Å². The molecule has 2 aliphatic heterocycles. The minimum atomic E-state index is -0.954. The predicted octanol–water partition coefficient (Wildman–Crippen LogP) is 5.58. The lowest BCUT2D eigenvalue weighted by atomic mass is 10.0.